The van der Waals surface area contributed by atoms with Crippen molar-refractivity contribution in [2.45, 2.75) is 26.1 Å². The summed E-state index contributed by atoms with van der Waals surface area (Å²) in [6, 6.07) is 0. The molecule has 2 unspecified atom stereocenters. The third kappa shape index (κ3) is 2.46. The van der Waals surface area contributed by atoms with Crippen LogP contribution >= 0.6 is 0 Å². The zero-order valence-electron chi connectivity index (χ0n) is 9.36. The molecular formula is C11H18O4. The van der Waals surface area contributed by atoms with E-state index in [1.54, 1.807) is 6.92 Å². The summed E-state index contributed by atoms with van der Waals surface area (Å²) in [5, 5.41) is 19.5. The summed E-state index contributed by atoms with van der Waals surface area (Å²) in [6.07, 6.45) is -1.20. The monoisotopic (exact) mass is 214 g/mol. The molecule has 0 aromatic heterocycles. The van der Waals surface area contributed by atoms with Gasteiger partial charge in [0.2, 0.25) is 0 Å². The second-order valence-electron chi connectivity index (χ2n) is 3.70. The Labute approximate surface area is 89.9 Å². The number of esters is 1. The van der Waals surface area contributed by atoms with Gasteiger partial charge in [0.15, 0.2) is 0 Å². The van der Waals surface area contributed by atoms with Gasteiger partial charge < -0.3 is 14.9 Å². The molecule has 0 saturated carbocycles. The van der Waals surface area contributed by atoms with Crippen molar-refractivity contribution in [3.63, 3.8) is 0 Å². The van der Waals surface area contributed by atoms with Crippen molar-refractivity contribution in [1.29, 1.82) is 0 Å². The smallest absolute Gasteiger partial charge is 0.317 e. The van der Waals surface area contributed by atoms with E-state index in [4.69, 9.17) is 0 Å². The summed E-state index contributed by atoms with van der Waals surface area (Å²) < 4.78 is 4.56. The van der Waals surface area contributed by atoms with Gasteiger partial charge in [-0.15, -0.1) is 6.58 Å². The molecule has 0 radical (unpaired) electrons. The number of carbonyl (C=O) groups is 1. The van der Waals surface area contributed by atoms with Crippen LogP contribution in [0.3, 0.4) is 0 Å². The maximum Gasteiger partial charge on any atom is 0.317 e. The van der Waals surface area contributed by atoms with Gasteiger partial charge in [-0.2, -0.15) is 0 Å². The first-order valence-electron chi connectivity index (χ1n) is 4.54. The molecule has 3 atom stereocenters. The number of ether oxygens (including phenoxy) is 1. The summed E-state index contributed by atoms with van der Waals surface area (Å²) >= 11 is 0. The van der Waals surface area contributed by atoms with Crippen LogP contribution in [0.15, 0.2) is 24.8 Å². The van der Waals surface area contributed by atoms with Crippen LogP contribution in [0, 0.1) is 5.41 Å². The SMILES string of the molecule is C=CC(O)[C@@](C)(C(=O)OC)C(O)C(=C)C. The first-order valence-corrected chi connectivity index (χ1v) is 4.54. The Bertz CT molecular complexity index is 272. The quantitative estimate of drug-likeness (QED) is 0.521. The molecule has 0 aliphatic rings. The maximum absolute atomic E-state index is 11.5. The van der Waals surface area contributed by atoms with Gasteiger partial charge in [-0.05, 0) is 13.8 Å². The molecule has 4 heteroatoms. The number of aliphatic hydroxyl groups is 2. The average molecular weight is 214 g/mol. The van der Waals surface area contributed by atoms with E-state index < -0.39 is 23.6 Å². The van der Waals surface area contributed by atoms with Gasteiger partial charge >= 0.3 is 5.97 Å². The lowest BCUT2D eigenvalue weighted by Gasteiger charge is -2.34. The second-order valence-corrected chi connectivity index (χ2v) is 3.70. The van der Waals surface area contributed by atoms with Crippen molar-refractivity contribution in [1.82, 2.24) is 0 Å². The zero-order chi connectivity index (χ0) is 12.2. The minimum atomic E-state index is -1.47. The number of hydrogen-bond donors (Lipinski definition) is 2. The Morgan fingerprint density at radius 2 is 2.00 bits per heavy atom. The van der Waals surface area contributed by atoms with Crippen LogP contribution in [0.1, 0.15) is 13.8 Å². The maximum atomic E-state index is 11.5. The van der Waals surface area contributed by atoms with Crippen LogP contribution < -0.4 is 0 Å². The highest BCUT2D eigenvalue weighted by molar-refractivity contribution is 5.78. The highest BCUT2D eigenvalue weighted by atomic mass is 16.5. The predicted octanol–water partition coefficient (Wildman–Crippen LogP) is 0.650. The standard InChI is InChI=1S/C11H18O4/c1-6-8(12)11(4,10(14)15-5)9(13)7(2)3/h6,8-9,12-13H,1-2H2,3-5H3/t8?,9?,11-/m1/s1. The number of rotatable bonds is 5. The Morgan fingerprint density at radius 3 is 2.27 bits per heavy atom. The minimum Gasteiger partial charge on any atom is -0.468 e. The fourth-order valence-corrected chi connectivity index (χ4v) is 1.37. The fraction of sp³-hybridized carbons (Fsp3) is 0.545. The number of aliphatic hydroxyl groups excluding tert-OH is 2. The number of carbonyl (C=O) groups excluding carboxylic acids is 1. The Hall–Kier alpha value is -1.13. The zero-order valence-corrected chi connectivity index (χ0v) is 9.36. The van der Waals surface area contributed by atoms with Gasteiger partial charge in [0.25, 0.3) is 0 Å². The van der Waals surface area contributed by atoms with Gasteiger partial charge in [0.05, 0.1) is 19.3 Å². The molecule has 0 amide bonds. The molecule has 0 aromatic rings. The van der Waals surface area contributed by atoms with Gasteiger partial charge in [-0.3, -0.25) is 4.79 Å². The highest BCUT2D eigenvalue weighted by Gasteiger charge is 2.47. The van der Waals surface area contributed by atoms with Gasteiger partial charge in [-0.1, -0.05) is 18.2 Å². The fourth-order valence-electron chi connectivity index (χ4n) is 1.37. The van der Waals surface area contributed by atoms with Crippen molar-refractivity contribution in [2.24, 2.45) is 5.41 Å². The van der Waals surface area contributed by atoms with Gasteiger partial charge in [0.1, 0.15) is 5.41 Å². The summed E-state index contributed by atoms with van der Waals surface area (Å²) in [7, 11) is 1.20. The van der Waals surface area contributed by atoms with E-state index in [0.717, 1.165) is 0 Å². The van der Waals surface area contributed by atoms with Crippen molar-refractivity contribution in [3.05, 3.63) is 24.8 Å². The number of methoxy groups -OCH3 is 1. The molecule has 86 valence electrons. The van der Waals surface area contributed by atoms with Crippen LogP contribution in [0.5, 0.6) is 0 Å². The summed E-state index contributed by atoms with van der Waals surface area (Å²) in [5.74, 6) is -0.703. The molecule has 0 aliphatic carbocycles. The van der Waals surface area contributed by atoms with Crippen molar-refractivity contribution < 1.29 is 19.7 Å². The van der Waals surface area contributed by atoms with Crippen molar-refractivity contribution in [3.8, 4) is 0 Å². The molecule has 0 saturated heterocycles. The van der Waals surface area contributed by atoms with Gasteiger partial charge in [-0.25, -0.2) is 0 Å². The lowest BCUT2D eigenvalue weighted by Crippen LogP contribution is -2.49. The summed E-state index contributed by atoms with van der Waals surface area (Å²) in [4.78, 5) is 11.5. The molecule has 0 spiro atoms. The molecule has 0 aliphatic heterocycles. The molecule has 4 nitrogen and oxygen atoms in total. The third-order valence-corrected chi connectivity index (χ3v) is 2.50. The molecule has 2 N–H and O–H groups in total. The van der Waals surface area contributed by atoms with Crippen LogP contribution in [-0.2, 0) is 9.53 Å². The molecule has 0 fully saturated rings. The lowest BCUT2D eigenvalue weighted by atomic mass is 9.76. The van der Waals surface area contributed by atoms with E-state index in [1.807, 2.05) is 0 Å². The van der Waals surface area contributed by atoms with Crippen molar-refractivity contribution in [2.75, 3.05) is 7.11 Å². The molecule has 0 heterocycles. The minimum absolute atomic E-state index is 0.379. The third-order valence-electron chi connectivity index (χ3n) is 2.50. The number of hydrogen-bond acceptors (Lipinski definition) is 4. The van der Waals surface area contributed by atoms with Gasteiger partial charge in [0, 0.05) is 0 Å². The van der Waals surface area contributed by atoms with Crippen molar-refractivity contribution >= 4 is 5.97 Å². The molecule has 15 heavy (non-hydrogen) atoms. The Balaban J connectivity index is 5.28. The van der Waals surface area contributed by atoms with E-state index >= 15 is 0 Å². The Kier molecular flexibility index (Phi) is 4.71. The molecule has 0 aromatic carbocycles. The summed E-state index contributed by atoms with van der Waals surface area (Å²) in [6.45, 7) is 9.92. The van der Waals surface area contributed by atoms with Crippen LogP contribution in [0.25, 0.3) is 0 Å². The first-order chi connectivity index (χ1) is 6.82. The highest BCUT2D eigenvalue weighted by Crippen LogP contribution is 2.32. The molecular weight excluding hydrogens is 196 g/mol. The second kappa shape index (κ2) is 5.09. The normalized spacial score (nSPS) is 18.5. The Morgan fingerprint density at radius 1 is 1.53 bits per heavy atom. The topological polar surface area (TPSA) is 66.8 Å². The molecule has 0 bridgehead atoms. The molecule has 0 rings (SSSR count). The van der Waals surface area contributed by atoms with Crippen LogP contribution in [-0.4, -0.2) is 35.5 Å². The predicted molar refractivity (Wildman–Crippen MR) is 57.1 cm³/mol. The van der Waals surface area contributed by atoms with Crippen LogP contribution in [0.4, 0.5) is 0 Å². The largest absolute Gasteiger partial charge is 0.468 e. The van der Waals surface area contributed by atoms with E-state index in [-0.39, 0.29) is 0 Å². The average Bonchev–Trinajstić information content (AvgIpc) is 2.24. The first kappa shape index (κ1) is 13.9. The lowest BCUT2D eigenvalue weighted by molar-refractivity contribution is -0.164. The van der Waals surface area contributed by atoms with Crippen LogP contribution in [0.2, 0.25) is 0 Å². The van der Waals surface area contributed by atoms with E-state index in [9.17, 15) is 15.0 Å². The van der Waals surface area contributed by atoms with E-state index in [1.165, 1.54) is 20.1 Å². The van der Waals surface area contributed by atoms with E-state index in [0.29, 0.717) is 5.57 Å². The summed E-state index contributed by atoms with van der Waals surface area (Å²) in [5.41, 5.74) is -1.09. The van der Waals surface area contributed by atoms with E-state index in [2.05, 4.69) is 17.9 Å².